The van der Waals surface area contributed by atoms with E-state index >= 15 is 0 Å². The highest BCUT2D eigenvalue weighted by molar-refractivity contribution is 7.91. The van der Waals surface area contributed by atoms with Gasteiger partial charge in [0.1, 0.15) is 5.75 Å². The van der Waals surface area contributed by atoms with Crippen LogP contribution in [0, 0.1) is 0 Å². The van der Waals surface area contributed by atoms with Crippen LogP contribution in [-0.2, 0) is 9.84 Å². The predicted molar refractivity (Wildman–Crippen MR) is 66.1 cm³/mol. The summed E-state index contributed by atoms with van der Waals surface area (Å²) >= 11 is 0. The van der Waals surface area contributed by atoms with Crippen molar-refractivity contribution in [3.63, 3.8) is 0 Å². The first kappa shape index (κ1) is 12.2. The molecule has 3 N–H and O–H groups in total. The molecule has 0 aliphatic carbocycles. The number of sulfone groups is 1. The quantitative estimate of drug-likeness (QED) is 0.828. The SMILES string of the molecule is COc1cccc2c1NC(CCN)CS2(=O)=O. The summed E-state index contributed by atoms with van der Waals surface area (Å²) in [5.74, 6) is 0.637. The van der Waals surface area contributed by atoms with E-state index in [1.807, 2.05) is 0 Å². The summed E-state index contributed by atoms with van der Waals surface area (Å²) in [6, 6.07) is 4.87. The fourth-order valence-electron chi connectivity index (χ4n) is 2.04. The largest absolute Gasteiger partial charge is 0.495 e. The fourth-order valence-corrected chi connectivity index (χ4v) is 3.76. The Morgan fingerprint density at radius 2 is 2.29 bits per heavy atom. The highest BCUT2D eigenvalue weighted by Crippen LogP contribution is 2.36. The van der Waals surface area contributed by atoms with Gasteiger partial charge in [0, 0.05) is 6.04 Å². The molecule has 1 aromatic rings. The van der Waals surface area contributed by atoms with Crippen LogP contribution >= 0.6 is 0 Å². The van der Waals surface area contributed by atoms with Gasteiger partial charge in [-0.1, -0.05) is 6.07 Å². The summed E-state index contributed by atoms with van der Waals surface area (Å²) in [6.45, 7) is 0.456. The van der Waals surface area contributed by atoms with E-state index < -0.39 is 9.84 Å². The lowest BCUT2D eigenvalue weighted by atomic mass is 10.2. The molecule has 0 radical (unpaired) electrons. The van der Waals surface area contributed by atoms with Crippen molar-refractivity contribution in [3.8, 4) is 5.75 Å². The number of para-hydroxylation sites is 1. The van der Waals surface area contributed by atoms with Crippen LogP contribution in [-0.4, -0.2) is 33.9 Å². The second kappa shape index (κ2) is 4.54. The predicted octanol–water partition coefficient (Wildman–Crippen LogP) is 0.612. The number of ether oxygens (including phenoxy) is 1. The van der Waals surface area contributed by atoms with E-state index in [1.54, 1.807) is 18.2 Å². The number of nitrogens with two attached hydrogens (primary N) is 1. The molecule has 5 nitrogen and oxygen atoms in total. The zero-order chi connectivity index (χ0) is 12.5. The maximum absolute atomic E-state index is 12.1. The Bertz CT molecular complexity index is 513. The van der Waals surface area contributed by atoms with Crippen molar-refractivity contribution in [1.82, 2.24) is 0 Å². The van der Waals surface area contributed by atoms with E-state index in [0.29, 0.717) is 29.3 Å². The molecule has 1 aromatic carbocycles. The first-order valence-corrected chi connectivity index (χ1v) is 7.10. The number of anilines is 1. The molecule has 0 fully saturated rings. The minimum Gasteiger partial charge on any atom is -0.495 e. The summed E-state index contributed by atoms with van der Waals surface area (Å²) in [6.07, 6.45) is 0.622. The van der Waals surface area contributed by atoms with Crippen LogP contribution in [0.2, 0.25) is 0 Å². The Hall–Kier alpha value is -1.27. The van der Waals surface area contributed by atoms with Crippen molar-refractivity contribution in [3.05, 3.63) is 18.2 Å². The molecule has 94 valence electrons. The van der Waals surface area contributed by atoms with Crippen LogP contribution in [0.4, 0.5) is 5.69 Å². The molecule has 1 atom stereocenters. The van der Waals surface area contributed by atoms with E-state index in [4.69, 9.17) is 10.5 Å². The van der Waals surface area contributed by atoms with Gasteiger partial charge in [-0.05, 0) is 25.1 Å². The Morgan fingerprint density at radius 3 is 2.94 bits per heavy atom. The molecular weight excluding hydrogens is 240 g/mol. The van der Waals surface area contributed by atoms with E-state index in [0.717, 1.165) is 0 Å². The van der Waals surface area contributed by atoms with Crippen molar-refractivity contribution in [2.24, 2.45) is 5.73 Å². The van der Waals surface area contributed by atoms with Crippen LogP contribution in [0.25, 0.3) is 0 Å². The molecule has 17 heavy (non-hydrogen) atoms. The number of rotatable bonds is 3. The third-order valence-corrected chi connectivity index (χ3v) is 4.68. The molecule has 1 unspecified atom stereocenters. The molecule has 1 aliphatic rings. The van der Waals surface area contributed by atoms with Crippen LogP contribution in [0.5, 0.6) is 5.75 Å². The molecule has 6 heteroatoms. The van der Waals surface area contributed by atoms with Crippen LogP contribution in [0.1, 0.15) is 6.42 Å². The smallest absolute Gasteiger partial charge is 0.182 e. The Balaban J connectivity index is 2.49. The molecule has 0 saturated heterocycles. The van der Waals surface area contributed by atoms with Gasteiger partial charge in [-0.15, -0.1) is 0 Å². The number of hydrogen-bond donors (Lipinski definition) is 2. The fraction of sp³-hybridized carbons (Fsp3) is 0.455. The highest BCUT2D eigenvalue weighted by Gasteiger charge is 2.31. The Morgan fingerprint density at radius 1 is 1.53 bits per heavy atom. The van der Waals surface area contributed by atoms with E-state index in [2.05, 4.69) is 5.32 Å². The van der Waals surface area contributed by atoms with Gasteiger partial charge in [0.2, 0.25) is 0 Å². The summed E-state index contributed by atoms with van der Waals surface area (Å²) < 4.78 is 29.4. The van der Waals surface area contributed by atoms with Gasteiger partial charge in [-0.3, -0.25) is 0 Å². The van der Waals surface area contributed by atoms with Gasteiger partial charge >= 0.3 is 0 Å². The zero-order valence-corrected chi connectivity index (χ0v) is 10.5. The summed E-state index contributed by atoms with van der Waals surface area (Å²) in [5.41, 5.74) is 6.03. The van der Waals surface area contributed by atoms with E-state index in [1.165, 1.54) is 7.11 Å². The van der Waals surface area contributed by atoms with Gasteiger partial charge in [0.05, 0.1) is 23.4 Å². The first-order chi connectivity index (χ1) is 8.08. The summed E-state index contributed by atoms with van der Waals surface area (Å²) in [7, 11) is -1.72. The normalized spacial score (nSPS) is 21.4. The Labute approximate surface area is 101 Å². The molecular formula is C11H16N2O3S. The highest BCUT2D eigenvalue weighted by atomic mass is 32.2. The van der Waals surface area contributed by atoms with Gasteiger partial charge in [-0.2, -0.15) is 0 Å². The lowest BCUT2D eigenvalue weighted by Crippen LogP contribution is -2.36. The van der Waals surface area contributed by atoms with Crippen LogP contribution in [0.15, 0.2) is 23.1 Å². The van der Waals surface area contributed by atoms with Crippen LogP contribution in [0.3, 0.4) is 0 Å². The minimum absolute atomic E-state index is 0.0877. The van der Waals surface area contributed by atoms with Gasteiger partial charge in [0.25, 0.3) is 0 Å². The minimum atomic E-state index is -3.24. The topological polar surface area (TPSA) is 81.4 Å². The molecule has 1 heterocycles. The third-order valence-electron chi connectivity index (χ3n) is 2.83. The number of methoxy groups -OCH3 is 1. The Kier molecular flexibility index (Phi) is 3.26. The number of nitrogens with one attached hydrogen (secondary N) is 1. The molecule has 0 bridgehead atoms. The van der Waals surface area contributed by atoms with Crippen molar-refractivity contribution < 1.29 is 13.2 Å². The second-order valence-corrected chi connectivity index (χ2v) is 6.04. The second-order valence-electron chi connectivity index (χ2n) is 4.03. The lowest BCUT2D eigenvalue weighted by Gasteiger charge is -2.27. The maximum atomic E-state index is 12.1. The summed E-state index contributed by atoms with van der Waals surface area (Å²) in [5, 5.41) is 3.19. The van der Waals surface area contributed by atoms with Gasteiger partial charge in [0.15, 0.2) is 9.84 Å². The van der Waals surface area contributed by atoms with Crippen molar-refractivity contribution in [1.29, 1.82) is 0 Å². The van der Waals surface area contributed by atoms with Gasteiger partial charge < -0.3 is 15.8 Å². The van der Waals surface area contributed by atoms with E-state index in [-0.39, 0.29) is 11.8 Å². The van der Waals surface area contributed by atoms with Crippen molar-refractivity contribution in [2.75, 3.05) is 24.7 Å². The molecule has 0 spiro atoms. The number of benzene rings is 1. The first-order valence-electron chi connectivity index (χ1n) is 5.45. The molecule has 0 saturated carbocycles. The van der Waals surface area contributed by atoms with E-state index in [9.17, 15) is 8.42 Å². The standard InChI is InChI=1S/C11H16N2O3S/c1-16-9-3-2-4-10-11(9)13-8(5-6-12)7-17(10,14)15/h2-4,8,13H,5-7,12H2,1H3. The average molecular weight is 256 g/mol. The molecule has 0 aromatic heterocycles. The zero-order valence-electron chi connectivity index (χ0n) is 9.64. The molecule has 0 amide bonds. The van der Waals surface area contributed by atoms with Gasteiger partial charge in [-0.25, -0.2) is 8.42 Å². The molecule has 1 aliphatic heterocycles. The summed E-state index contributed by atoms with van der Waals surface area (Å²) in [4.78, 5) is 0.310. The monoisotopic (exact) mass is 256 g/mol. The average Bonchev–Trinajstić information content (AvgIpc) is 2.28. The van der Waals surface area contributed by atoms with Crippen LogP contribution < -0.4 is 15.8 Å². The number of fused-ring (bicyclic) bond motifs is 1. The third kappa shape index (κ3) is 2.23. The lowest BCUT2D eigenvalue weighted by molar-refractivity contribution is 0.414. The maximum Gasteiger partial charge on any atom is 0.182 e. The van der Waals surface area contributed by atoms with Crippen molar-refractivity contribution in [2.45, 2.75) is 17.4 Å². The molecule has 2 rings (SSSR count). The van der Waals surface area contributed by atoms with Crippen molar-refractivity contribution >= 4 is 15.5 Å². The number of hydrogen-bond acceptors (Lipinski definition) is 5.